The van der Waals surface area contributed by atoms with Gasteiger partial charge < -0.3 is 10.1 Å². The molecule has 0 spiro atoms. The maximum absolute atomic E-state index is 5.61. The van der Waals surface area contributed by atoms with Gasteiger partial charge >= 0.3 is 0 Å². The van der Waals surface area contributed by atoms with E-state index in [2.05, 4.69) is 33.0 Å². The highest BCUT2D eigenvalue weighted by Gasteiger charge is 2.30. The molecule has 2 heteroatoms. The summed E-state index contributed by atoms with van der Waals surface area (Å²) in [4.78, 5) is 0. The SMILES string of the molecule is CCNC(CC(C)(C)OC)C1CCC(CC)CC1. The molecule has 0 amide bonds. The van der Waals surface area contributed by atoms with Gasteiger partial charge in [0.25, 0.3) is 0 Å². The Morgan fingerprint density at radius 3 is 2.22 bits per heavy atom. The van der Waals surface area contributed by atoms with Crippen LogP contribution < -0.4 is 5.32 Å². The van der Waals surface area contributed by atoms with E-state index in [1.165, 1.54) is 32.1 Å². The van der Waals surface area contributed by atoms with E-state index < -0.39 is 0 Å². The summed E-state index contributed by atoms with van der Waals surface area (Å²) in [6.45, 7) is 10.0. The van der Waals surface area contributed by atoms with Crippen LogP contribution in [0, 0.1) is 11.8 Å². The average molecular weight is 255 g/mol. The Labute approximate surface area is 114 Å². The van der Waals surface area contributed by atoms with Gasteiger partial charge in [-0.3, -0.25) is 0 Å². The van der Waals surface area contributed by atoms with Gasteiger partial charge in [-0.1, -0.05) is 33.1 Å². The van der Waals surface area contributed by atoms with E-state index >= 15 is 0 Å². The molecule has 1 unspecified atom stereocenters. The number of hydrogen-bond donors (Lipinski definition) is 1. The minimum atomic E-state index is -0.00551. The molecule has 18 heavy (non-hydrogen) atoms. The fourth-order valence-corrected chi connectivity index (χ4v) is 3.28. The molecule has 108 valence electrons. The first-order valence-corrected chi connectivity index (χ1v) is 7.81. The van der Waals surface area contributed by atoms with Crippen LogP contribution in [0.5, 0.6) is 0 Å². The van der Waals surface area contributed by atoms with Gasteiger partial charge in [0, 0.05) is 13.2 Å². The molecule has 1 N–H and O–H groups in total. The van der Waals surface area contributed by atoms with Crippen LogP contribution in [0.15, 0.2) is 0 Å². The van der Waals surface area contributed by atoms with Crippen molar-refractivity contribution in [3.63, 3.8) is 0 Å². The molecular formula is C16H33NO. The first-order valence-electron chi connectivity index (χ1n) is 7.81. The molecule has 0 aromatic carbocycles. The lowest BCUT2D eigenvalue weighted by atomic mass is 9.75. The summed E-state index contributed by atoms with van der Waals surface area (Å²) >= 11 is 0. The van der Waals surface area contributed by atoms with Crippen molar-refractivity contribution in [2.75, 3.05) is 13.7 Å². The Morgan fingerprint density at radius 1 is 1.17 bits per heavy atom. The van der Waals surface area contributed by atoms with Gasteiger partial charge in [0.2, 0.25) is 0 Å². The number of methoxy groups -OCH3 is 1. The van der Waals surface area contributed by atoms with E-state index in [1.54, 1.807) is 0 Å². The van der Waals surface area contributed by atoms with Crippen LogP contribution in [0.2, 0.25) is 0 Å². The second-order valence-corrected chi connectivity index (χ2v) is 6.52. The maximum atomic E-state index is 5.61. The molecule has 0 saturated heterocycles. The van der Waals surface area contributed by atoms with Crippen molar-refractivity contribution in [3.05, 3.63) is 0 Å². The number of nitrogens with one attached hydrogen (secondary N) is 1. The van der Waals surface area contributed by atoms with Crippen LogP contribution in [0.1, 0.15) is 66.2 Å². The summed E-state index contributed by atoms with van der Waals surface area (Å²) in [5.41, 5.74) is -0.00551. The Hall–Kier alpha value is -0.0800. The summed E-state index contributed by atoms with van der Waals surface area (Å²) in [5, 5.41) is 3.70. The molecule has 1 atom stereocenters. The zero-order chi connectivity index (χ0) is 13.6. The Kier molecular flexibility index (Phi) is 6.65. The largest absolute Gasteiger partial charge is 0.379 e. The van der Waals surface area contributed by atoms with E-state index in [0.717, 1.165) is 24.8 Å². The zero-order valence-corrected chi connectivity index (χ0v) is 13.1. The van der Waals surface area contributed by atoms with Gasteiger partial charge in [0.1, 0.15) is 0 Å². The second-order valence-electron chi connectivity index (χ2n) is 6.52. The lowest BCUT2D eigenvalue weighted by Crippen LogP contribution is -2.43. The van der Waals surface area contributed by atoms with Crippen molar-refractivity contribution in [2.45, 2.75) is 77.9 Å². The van der Waals surface area contributed by atoms with Crippen molar-refractivity contribution in [3.8, 4) is 0 Å². The first kappa shape index (κ1) is 16.0. The van der Waals surface area contributed by atoms with Gasteiger partial charge in [0.15, 0.2) is 0 Å². The minimum absolute atomic E-state index is 0.00551. The van der Waals surface area contributed by atoms with E-state index in [1.807, 2.05) is 7.11 Å². The van der Waals surface area contributed by atoms with Crippen molar-refractivity contribution < 1.29 is 4.74 Å². The van der Waals surface area contributed by atoms with Crippen molar-refractivity contribution in [1.29, 1.82) is 0 Å². The first-order chi connectivity index (χ1) is 8.52. The van der Waals surface area contributed by atoms with E-state index in [9.17, 15) is 0 Å². The average Bonchev–Trinajstić information content (AvgIpc) is 2.38. The third-order valence-corrected chi connectivity index (χ3v) is 4.77. The highest BCUT2D eigenvalue weighted by atomic mass is 16.5. The zero-order valence-electron chi connectivity index (χ0n) is 13.1. The predicted octanol–water partition coefficient (Wildman–Crippen LogP) is 4.00. The monoisotopic (exact) mass is 255 g/mol. The quantitative estimate of drug-likeness (QED) is 0.742. The molecule has 1 aliphatic carbocycles. The van der Waals surface area contributed by atoms with Crippen LogP contribution in [0.4, 0.5) is 0 Å². The van der Waals surface area contributed by atoms with Crippen molar-refractivity contribution >= 4 is 0 Å². The van der Waals surface area contributed by atoms with Gasteiger partial charge in [-0.15, -0.1) is 0 Å². The highest BCUT2D eigenvalue weighted by Crippen LogP contribution is 2.34. The molecule has 0 aliphatic heterocycles. The summed E-state index contributed by atoms with van der Waals surface area (Å²) in [7, 11) is 1.83. The number of rotatable bonds is 7. The molecule has 0 heterocycles. The standard InChI is InChI=1S/C16H33NO/c1-6-13-8-10-14(11-9-13)15(17-7-2)12-16(3,4)18-5/h13-15,17H,6-12H2,1-5H3. The van der Waals surface area contributed by atoms with Crippen LogP contribution >= 0.6 is 0 Å². The second kappa shape index (κ2) is 7.49. The molecular weight excluding hydrogens is 222 g/mol. The van der Waals surface area contributed by atoms with Crippen LogP contribution in [-0.4, -0.2) is 25.3 Å². The third kappa shape index (κ3) is 4.89. The van der Waals surface area contributed by atoms with Crippen LogP contribution in [-0.2, 0) is 4.74 Å². The fourth-order valence-electron chi connectivity index (χ4n) is 3.28. The molecule has 2 nitrogen and oxygen atoms in total. The van der Waals surface area contributed by atoms with E-state index in [-0.39, 0.29) is 5.60 Å². The third-order valence-electron chi connectivity index (χ3n) is 4.77. The lowest BCUT2D eigenvalue weighted by molar-refractivity contribution is -0.00133. The smallest absolute Gasteiger partial charge is 0.0637 e. The van der Waals surface area contributed by atoms with E-state index in [4.69, 9.17) is 4.74 Å². The molecule has 0 aromatic rings. The maximum Gasteiger partial charge on any atom is 0.0637 e. The summed E-state index contributed by atoms with van der Waals surface area (Å²) in [6.07, 6.45) is 8.14. The molecule has 1 fully saturated rings. The van der Waals surface area contributed by atoms with Crippen LogP contribution in [0.25, 0.3) is 0 Å². The summed E-state index contributed by atoms with van der Waals surface area (Å²) < 4.78 is 5.61. The minimum Gasteiger partial charge on any atom is -0.379 e. The lowest BCUT2D eigenvalue weighted by Gasteiger charge is -2.37. The van der Waals surface area contributed by atoms with Crippen LogP contribution in [0.3, 0.4) is 0 Å². The Bertz CT molecular complexity index is 219. The normalized spacial score (nSPS) is 27.2. The molecule has 1 aliphatic rings. The summed E-state index contributed by atoms with van der Waals surface area (Å²) in [5.74, 6) is 1.83. The Morgan fingerprint density at radius 2 is 1.78 bits per heavy atom. The molecule has 1 rings (SSSR count). The number of hydrogen-bond acceptors (Lipinski definition) is 2. The highest BCUT2D eigenvalue weighted by molar-refractivity contribution is 4.86. The predicted molar refractivity (Wildman–Crippen MR) is 78.9 cm³/mol. The Balaban J connectivity index is 2.52. The van der Waals surface area contributed by atoms with Crippen molar-refractivity contribution in [1.82, 2.24) is 5.32 Å². The number of ether oxygens (including phenoxy) is 1. The van der Waals surface area contributed by atoms with Crippen molar-refractivity contribution in [2.24, 2.45) is 11.8 Å². The molecule has 0 radical (unpaired) electrons. The van der Waals surface area contributed by atoms with Gasteiger partial charge in [0.05, 0.1) is 5.60 Å². The van der Waals surface area contributed by atoms with E-state index in [0.29, 0.717) is 6.04 Å². The molecule has 0 bridgehead atoms. The van der Waals surface area contributed by atoms with Gasteiger partial charge in [-0.2, -0.15) is 0 Å². The fraction of sp³-hybridized carbons (Fsp3) is 1.00. The van der Waals surface area contributed by atoms with Gasteiger partial charge in [-0.05, 0) is 51.5 Å². The molecule has 0 aromatic heterocycles. The topological polar surface area (TPSA) is 21.3 Å². The summed E-state index contributed by atoms with van der Waals surface area (Å²) in [6, 6.07) is 0.628. The molecule has 1 saturated carbocycles. The van der Waals surface area contributed by atoms with Gasteiger partial charge in [-0.25, -0.2) is 0 Å².